The minimum atomic E-state index is -3.94. The van der Waals surface area contributed by atoms with Crippen molar-refractivity contribution < 1.29 is 18.3 Å². The monoisotopic (exact) mass is 391 g/mol. The van der Waals surface area contributed by atoms with Crippen molar-refractivity contribution in [2.45, 2.75) is 4.90 Å². The van der Waals surface area contributed by atoms with Crippen LogP contribution in [0.5, 0.6) is 0 Å². The first-order valence-electron chi connectivity index (χ1n) is 5.33. The van der Waals surface area contributed by atoms with Gasteiger partial charge in [-0.2, -0.15) is 0 Å². The van der Waals surface area contributed by atoms with E-state index in [1.165, 1.54) is 24.3 Å². The summed E-state index contributed by atoms with van der Waals surface area (Å²) in [6, 6.07) is 4.82. The minimum absolute atomic E-state index is 0.00390. The summed E-state index contributed by atoms with van der Waals surface area (Å²) in [5.41, 5.74) is -0.0362. The lowest BCUT2D eigenvalue weighted by atomic mass is 10.2. The summed E-state index contributed by atoms with van der Waals surface area (Å²) in [6.07, 6.45) is 1.11. The van der Waals surface area contributed by atoms with E-state index in [1.54, 1.807) is 0 Å². The van der Waals surface area contributed by atoms with Crippen molar-refractivity contribution in [2.75, 3.05) is 4.72 Å². The smallest absolute Gasteiger partial charge is 0.335 e. The molecule has 0 aliphatic heterocycles. The van der Waals surface area contributed by atoms with E-state index in [0.29, 0.717) is 0 Å². The third-order valence-corrected chi connectivity index (χ3v) is 4.88. The van der Waals surface area contributed by atoms with Gasteiger partial charge in [0.15, 0.2) is 0 Å². The number of aromatic nitrogens is 2. The molecule has 2 aromatic rings. The van der Waals surface area contributed by atoms with E-state index in [1.807, 2.05) is 0 Å². The summed E-state index contributed by atoms with van der Waals surface area (Å²) in [7, 11) is -3.94. The molecule has 0 spiro atoms. The normalized spacial score (nSPS) is 11.1. The molecule has 1 heterocycles. The first-order valence-corrected chi connectivity index (χ1v) is 7.98. The van der Waals surface area contributed by atoms with Gasteiger partial charge in [0, 0.05) is 10.5 Å². The Morgan fingerprint density at radius 2 is 2.00 bits per heavy atom. The lowest BCUT2D eigenvalue weighted by Gasteiger charge is -2.09. The third kappa shape index (κ3) is 3.69. The lowest BCUT2D eigenvalue weighted by Crippen LogP contribution is -2.15. The van der Waals surface area contributed by atoms with Crippen LogP contribution in [0.2, 0.25) is 5.15 Å². The Labute approximate surface area is 133 Å². The molecule has 0 unspecified atom stereocenters. The van der Waals surface area contributed by atoms with E-state index >= 15 is 0 Å². The van der Waals surface area contributed by atoms with Crippen LogP contribution in [0.1, 0.15) is 10.4 Å². The molecule has 2 N–H and O–H groups in total. The van der Waals surface area contributed by atoms with Crippen LogP contribution in [-0.4, -0.2) is 29.5 Å². The van der Waals surface area contributed by atoms with Gasteiger partial charge in [-0.1, -0.05) is 11.6 Å². The number of benzene rings is 1. The average Bonchev–Trinajstić information content (AvgIpc) is 2.37. The van der Waals surface area contributed by atoms with Crippen molar-refractivity contribution in [3.8, 4) is 0 Å². The number of hydrogen-bond acceptors (Lipinski definition) is 5. The van der Waals surface area contributed by atoms with Gasteiger partial charge in [-0.25, -0.2) is 23.2 Å². The molecule has 0 aliphatic carbocycles. The fourth-order valence-corrected chi connectivity index (χ4v) is 3.66. The van der Waals surface area contributed by atoms with Crippen LogP contribution < -0.4 is 4.72 Å². The highest BCUT2D eigenvalue weighted by Crippen LogP contribution is 2.25. The molecular weight excluding hydrogens is 386 g/mol. The van der Waals surface area contributed by atoms with Crippen molar-refractivity contribution in [1.82, 2.24) is 9.97 Å². The number of rotatable bonds is 4. The number of aromatic carboxylic acids is 1. The number of carboxylic acids is 1. The minimum Gasteiger partial charge on any atom is -0.478 e. The molecule has 0 atom stereocenters. The van der Waals surface area contributed by atoms with Gasteiger partial charge < -0.3 is 5.11 Å². The number of carboxylic acid groups (broad SMARTS) is 1. The number of anilines is 1. The molecule has 0 fully saturated rings. The summed E-state index contributed by atoms with van der Waals surface area (Å²) < 4.78 is 26.8. The Morgan fingerprint density at radius 1 is 1.29 bits per heavy atom. The molecule has 0 bridgehead atoms. The molecule has 0 saturated heterocycles. The second-order valence-electron chi connectivity index (χ2n) is 3.78. The molecule has 0 radical (unpaired) electrons. The molecule has 2 rings (SSSR count). The molecule has 0 aliphatic rings. The Morgan fingerprint density at radius 3 is 2.57 bits per heavy atom. The van der Waals surface area contributed by atoms with Crippen LogP contribution in [0.3, 0.4) is 0 Å². The highest BCUT2D eigenvalue weighted by Gasteiger charge is 2.20. The summed E-state index contributed by atoms with van der Waals surface area (Å²) in [6.45, 7) is 0. The van der Waals surface area contributed by atoms with Crippen molar-refractivity contribution in [3.63, 3.8) is 0 Å². The zero-order chi connectivity index (χ0) is 15.6. The lowest BCUT2D eigenvalue weighted by molar-refractivity contribution is 0.0696. The molecule has 1 aromatic heterocycles. The third-order valence-electron chi connectivity index (χ3n) is 2.34. The van der Waals surface area contributed by atoms with E-state index in [2.05, 4.69) is 30.6 Å². The first kappa shape index (κ1) is 15.7. The second kappa shape index (κ2) is 5.96. The number of nitrogens with zero attached hydrogens (tertiary/aromatic N) is 2. The number of hydrogen-bond donors (Lipinski definition) is 2. The molecule has 21 heavy (non-hydrogen) atoms. The number of carbonyl (C=O) groups is 1. The highest BCUT2D eigenvalue weighted by atomic mass is 79.9. The summed E-state index contributed by atoms with van der Waals surface area (Å²) in [5, 5.41) is 8.94. The summed E-state index contributed by atoms with van der Waals surface area (Å²) in [4.78, 5) is 18.1. The zero-order valence-corrected chi connectivity index (χ0v) is 13.3. The van der Waals surface area contributed by atoms with Crippen LogP contribution in [0.25, 0.3) is 0 Å². The standard InChI is InChI=1S/C11H7BrClN3O4S/c12-7-3-6(11(17)18)1-2-8(7)21(19,20)16-10-4-9(13)14-5-15-10/h1-5H,(H,17,18)(H,14,15,16). The fraction of sp³-hybridized carbons (Fsp3) is 0. The van der Waals surface area contributed by atoms with Crippen LogP contribution in [0, 0.1) is 0 Å². The van der Waals surface area contributed by atoms with Gasteiger partial charge in [0.25, 0.3) is 10.0 Å². The SMILES string of the molecule is O=C(O)c1ccc(S(=O)(=O)Nc2cc(Cl)ncn2)c(Br)c1. The van der Waals surface area contributed by atoms with Gasteiger partial charge in [0.1, 0.15) is 22.2 Å². The van der Waals surface area contributed by atoms with Crippen molar-refractivity contribution >= 4 is 49.3 Å². The van der Waals surface area contributed by atoms with Crippen molar-refractivity contribution in [2.24, 2.45) is 0 Å². The Balaban J connectivity index is 2.38. The van der Waals surface area contributed by atoms with Crippen LogP contribution in [-0.2, 0) is 10.0 Å². The largest absolute Gasteiger partial charge is 0.478 e. The van der Waals surface area contributed by atoms with Crippen molar-refractivity contribution in [3.05, 3.63) is 45.8 Å². The fourth-order valence-electron chi connectivity index (χ4n) is 1.43. The van der Waals surface area contributed by atoms with Gasteiger partial charge >= 0.3 is 5.97 Å². The van der Waals surface area contributed by atoms with Crippen LogP contribution >= 0.6 is 27.5 Å². The molecule has 0 amide bonds. The Kier molecular flexibility index (Phi) is 4.45. The molecule has 7 nitrogen and oxygen atoms in total. The highest BCUT2D eigenvalue weighted by molar-refractivity contribution is 9.10. The molecule has 110 valence electrons. The molecular formula is C11H7BrClN3O4S. The number of sulfonamides is 1. The van der Waals surface area contributed by atoms with E-state index in [-0.39, 0.29) is 25.9 Å². The predicted molar refractivity (Wildman–Crippen MR) is 79.0 cm³/mol. The molecule has 1 aromatic carbocycles. The number of nitrogens with one attached hydrogen (secondary N) is 1. The molecule has 10 heteroatoms. The van der Waals surface area contributed by atoms with Gasteiger partial charge in [-0.05, 0) is 34.1 Å². The number of halogens is 2. The Hall–Kier alpha value is -1.71. The summed E-state index contributed by atoms with van der Waals surface area (Å²) >= 11 is 8.68. The predicted octanol–water partition coefficient (Wildman–Crippen LogP) is 2.39. The van der Waals surface area contributed by atoms with Gasteiger partial charge in [0.05, 0.1) is 5.56 Å². The van der Waals surface area contributed by atoms with E-state index < -0.39 is 16.0 Å². The van der Waals surface area contributed by atoms with Gasteiger partial charge in [-0.15, -0.1) is 0 Å². The topological polar surface area (TPSA) is 109 Å². The maximum atomic E-state index is 12.2. The van der Waals surface area contributed by atoms with E-state index in [4.69, 9.17) is 16.7 Å². The first-order chi connectivity index (χ1) is 9.79. The van der Waals surface area contributed by atoms with Gasteiger partial charge in [0.2, 0.25) is 0 Å². The van der Waals surface area contributed by atoms with Crippen molar-refractivity contribution in [1.29, 1.82) is 0 Å². The maximum Gasteiger partial charge on any atom is 0.335 e. The van der Waals surface area contributed by atoms with E-state index in [9.17, 15) is 13.2 Å². The Bertz CT molecular complexity index is 813. The maximum absolute atomic E-state index is 12.2. The zero-order valence-electron chi connectivity index (χ0n) is 10.1. The second-order valence-corrected chi connectivity index (χ2v) is 6.67. The molecule has 0 saturated carbocycles. The van der Waals surface area contributed by atoms with E-state index in [0.717, 1.165) is 6.33 Å². The summed E-state index contributed by atoms with van der Waals surface area (Å²) in [5.74, 6) is -1.15. The van der Waals surface area contributed by atoms with Crippen LogP contribution in [0.4, 0.5) is 5.82 Å². The quantitative estimate of drug-likeness (QED) is 0.773. The van der Waals surface area contributed by atoms with Crippen LogP contribution in [0.15, 0.2) is 40.0 Å². The van der Waals surface area contributed by atoms with Gasteiger partial charge in [-0.3, -0.25) is 4.72 Å². The average molecular weight is 393 g/mol.